The maximum atomic E-state index is 13.2. The van der Waals surface area contributed by atoms with Gasteiger partial charge >= 0.3 is 0 Å². The highest BCUT2D eigenvalue weighted by Gasteiger charge is 2.05. The standard InChI is InChI=1S/C12H15FN4O/c1-3-17-12(15-8-16-17)7-14-9-4-5-10(13)11(6-9)18-2/h4-6,8,14H,3,7H2,1-2H3. The average molecular weight is 250 g/mol. The smallest absolute Gasteiger partial charge is 0.165 e. The second kappa shape index (κ2) is 5.48. The fourth-order valence-electron chi connectivity index (χ4n) is 1.64. The zero-order valence-electron chi connectivity index (χ0n) is 10.4. The van der Waals surface area contributed by atoms with E-state index >= 15 is 0 Å². The number of nitrogens with zero attached hydrogens (tertiary/aromatic N) is 3. The molecule has 1 aromatic carbocycles. The number of hydrogen-bond acceptors (Lipinski definition) is 4. The molecule has 5 nitrogen and oxygen atoms in total. The van der Waals surface area contributed by atoms with Gasteiger partial charge in [-0.05, 0) is 19.1 Å². The van der Waals surface area contributed by atoms with Crippen molar-refractivity contribution in [3.05, 3.63) is 36.2 Å². The van der Waals surface area contributed by atoms with Crippen molar-refractivity contribution in [2.45, 2.75) is 20.0 Å². The molecular weight excluding hydrogens is 235 g/mol. The number of rotatable bonds is 5. The van der Waals surface area contributed by atoms with E-state index in [-0.39, 0.29) is 11.6 Å². The van der Waals surface area contributed by atoms with Gasteiger partial charge in [0.05, 0.1) is 13.7 Å². The fourth-order valence-corrected chi connectivity index (χ4v) is 1.64. The van der Waals surface area contributed by atoms with Gasteiger partial charge in [0, 0.05) is 18.3 Å². The van der Waals surface area contributed by atoms with E-state index in [1.54, 1.807) is 16.8 Å². The van der Waals surface area contributed by atoms with Crippen molar-refractivity contribution >= 4 is 5.69 Å². The Balaban J connectivity index is 2.06. The van der Waals surface area contributed by atoms with Crippen LogP contribution in [0.25, 0.3) is 0 Å². The third-order valence-corrected chi connectivity index (χ3v) is 2.60. The predicted octanol–water partition coefficient (Wildman–Crippen LogP) is 2.06. The van der Waals surface area contributed by atoms with Crippen molar-refractivity contribution < 1.29 is 9.13 Å². The number of hydrogen-bond donors (Lipinski definition) is 1. The number of halogens is 1. The van der Waals surface area contributed by atoms with Crippen LogP contribution in [0.2, 0.25) is 0 Å². The van der Waals surface area contributed by atoms with E-state index in [4.69, 9.17) is 4.74 Å². The maximum absolute atomic E-state index is 13.2. The first-order valence-electron chi connectivity index (χ1n) is 5.68. The SMILES string of the molecule is CCn1ncnc1CNc1ccc(F)c(OC)c1. The van der Waals surface area contributed by atoms with Crippen molar-refractivity contribution in [1.29, 1.82) is 0 Å². The number of aryl methyl sites for hydroxylation is 1. The van der Waals surface area contributed by atoms with Crippen molar-refractivity contribution in [2.75, 3.05) is 12.4 Å². The van der Waals surface area contributed by atoms with Gasteiger partial charge < -0.3 is 10.1 Å². The number of ether oxygens (including phenoxy) is 1. The zero-order valence-corrected chi connectivity index (χ0v) is 10.4. The van der Waals surface area contributed by atoms with Crippen LogP contribution in [0.5, 0.6) is 5.75 Å². The van der Waals surface area contributed by atoms with Gasteiger partial charge in [-0.25, -0.2) is 14.1 Å². The Kier molecular flexibility index (Phi) is 3.76. The summed E-state index contributed by atoms with van der Waals surface area (Å²) < 4.78 is 19.9. The second-order valence-corrected chi connectivity index (χ2v) is 3.69. The highest BCUT2D eigenvalue weighted by Crippen LogP contribution is 2.21. The molecule has 2 aromatic rings. The molecule has 0 spiro atoms. The van der Waals surface area contributed by atoms with Gasteiger partial charge in [-0.15, -0.1) is 0 Å². The lowest BCUT2D eigenvalue weighted by molar-refractivity contribution is 0.387. The van der Waals surface area contributed by atoms with E-state index in [2.05, 4.69) is 15.4 Å². The quantitative estimate of drug-likeness (QED) is 0.882. The highest BCUT2D eigenvalue weighted by molar-refractivity contribution is 5.48. The second-order valence-electron chi connectivity index (χ2n) is 3.69. The Labute approximate surface area is 105 Å². The first-order valence-corrected chi connectivity index (χ1v) is 5.68. The Morgan fingerprint density at radius 1 is 1.44 bits per heavy atom. The van der Waals surface area contributed by atoms with Gasteiger partial charge in [-0.3, -0.25) is 0 Å². The number of benzene rings is 1. The van der Waals surface area contributed by atoms with Crippen LogP contribution in [0.15, 0.2) is 24.5 Å². The molecule has 0 fully saturated rings. The van der Waals surface area contributed by atoms with Crippen LogP contribution in [0, 0.1) is 5.82 Å². The lowest BCUT2D eigenvalue weighted by Crippen LogP contribution is -2.09. The van der Waals surface area contributed by atoms with Crippen LogP contribution in [0.4, 0.5) is 10.1 Å². The van der Waals surface area contributed by atoms with Crippen molar-refractivity contribution in [2.24, 2.45) is 0 Å². The molecule has 0 aliphatic carbocycles. The molecular formula is C12H15FN4O. The molecule has 0 radical (unpaired) electrons. The minimum absolute atomic E-state index is 0.219. The van der Waals surface area contributed by atoms with E-state index in [0.717, 1.165) is 18.1 Å². The molecule has 0 aliphatic rings. The normalized spacial score (nSPS) is 10.4. The molecule has 18 heavy (non-hydrogen) atoms. The van der Waals surface area contributed by atoms with Gasteiger partial charge in [0.15, 0.2) is 11.6 Å². The largest absolute Gasteiger partial charge is 0.494 e. The van der Waals surface area contributed by atoms with E-state index in [0.29, 0.717) is 6.54 Å². The summed E-state index contributed by atoms with van der Waals surface area (Å²) in [6.45, 7) is 3.30. The van der Waals surface area contributed by atoms with Gasteiger partial charge in [-0.2, -0.15) is 5.10 Å². The van der Waals surface area contributed by atoms with E-state index in [1.807, 2.05) is 6.92 Å². The first-order chi connectivity index (χ1) is 8.74. The van der Waals surface area contributed by atoms with Gasteiger partial charge in [0.25, 0.3) is 0 Å². The summed E-state index contributed by atoms with van der Waals surface area (Å²) in [7, 11) is 1.44. The maximum Gasteiger partial charge on any atom is 0.165 e. The molecule has 0 unspecified atom stereocenters. The molecule has 6 heteroatoms. The topological polar surface area (TPSA) is 52.0 Å². The monoisotopic (exact) mass is 250 g/mol. The fraction of sp³-hybridized carbons (Fsp3) is 0.333. The Hall–Kier alpha value is -2.11. The summed E-state index contributed by atoms with van der Waals surface area (Å²) in [6.07, 6.45) is 1.52. The minimum atomic E-state index is -0.375. The number of methoxy groups -OCH3 is 1. The van der Waals surface area contributed by atoms with Gasteiger partial charge in [-0.1, -0.05) is 0 Å². The minimum Gasteiger partial charge on any atom is -0.494 e. The Morgan fingerprint density at radius 2 is 2.28 bits per heavy atom. The number of nitrogens with one attached hydrogen (secondary N) is 1. The van der Waals surface area contributed by atoms with Crippen LogP contribution in [-0.2, 0) is 13.1 Å². The molecule has 0 aliphatic heterocycles. The third-order valence-electron chi connectivity index (χ3n) is 2.60. The third kappa shape index (κ3) is 2.58. The predicted molar refractivity (Wildman–Crippen MR) is 66.0 cm³/mol. The molecule has 1 aromatic heterocycles. The summed E-state index contributed by atoms with van der Waals surface area (Å²) >= 11 is 0. The van der Waals surface area contributed by atoms with Gasteiger partial charge in [0.2, 0.25) is 0 Å². The molecule has 0 saturated heterocycles. The number of anilines is 1. The number of aromatic nitrogens is 3. The lowest BCUT2D eigenvalue weighted by atomic mass is 10.3. The summed E-state index contributed by atoms with van der Waals surface area (Å²) in [4.78, 5) is 4.15. The van der Waals surface area contributed by atoms with Crippen LogP contribution < -0.4 is 10.1 Å². The van der Waals surface area contributed by atoms with Gasteiger partial charge in [0.1, 0.15) is 12.2 Å². The zero-order chi connectivity index (χ0) is 13.0. The van der Waals surface area contributed by atoms with E-state index in [9.17, 15) is 4.39 Å². The molecule has 0 atom stereocenters. The van der Waals surface area contributed by atoms with E-state index in [1.165, 1.54) is 19.5 Å². The Bertz CT molecular complexity index is 527. The molecule has 0 bridgehead atoms. The molecule has 1 heterocycles. The van der Waals surface area contributed by atoms with Crippen molar-refractivity contribution in [3.8, 4) is 5.75 Å². The highest BCUT2D eigenvalue weighted by atomic mass is 19.1. The summed E-state index contributed by atoms with van der Waals surface area (Å²) in [5.41, 5.74) is 0.777. The Morgan fingerprint density at radius 3 is 3.00 bits per heavy atom. The summed E-state index contributed by atoms with van der Waals surface area (Å²) in [5, 5.41) is 7.23. The van der Waals surface area contributed by atoms with Crippen LogP contribution in [0.3, 0.4) is 0 Å². The van der Waals surface area contributed by atoms with Crippen molar-refractivity contribution in [1.82, 2.24) is 14.8 Å². The summed E-state index contributed by atoms with van der Waals surface area (Å²) in [6, 6.07) is 4.64. The molecule has 1 N–H and O–H groups in total. The lowest BCUT2D eigenvalue weighted by Gasteiger charge is -2.08. The molecule has 0 amide bonds. The van der Waals surface area contributed by atoms with Crippen molar-refractivity contribution in [3.63, 3.8) is 0 Å². The first kappa shape index (κ1) is 12.3. The van der Waals surface area contributed by atoms with E-state index < -0.39 is 0 Å². The molecule has 2 rings (SSSR count). The van der Waals surface area contributed by atoms with Crippen LogP contribution >= 0.6 is 0 Å². The molecule has 0 saturated carbocycles. The van der Waals surface area contributed by atoms with Crippen LogP contribution in [0.1, 0.15) is 12.7 Å². The molecule has 96 valence electrons. The average Bonchev–Trinajstić information content (AvgIpc) is 2.85. The summed E-state index contributed by atoms with van der Waals surface area (Å²) in [5.74, 6) is 0.678. The van der Waals surface area contributed by atoms with Crippen LogP contribution in [-0.4, -0.2) is 21.9 Å².